The summed E-state index contributed by atoms with van der Waals surface area (Å²) in [6, 6.07) is 8.42. The van der Waals surface area contributed by atoms with Crippen LogP contribution < -0.4 is 10.2 Å². The molecule has 0 radical (unpaired) electrons. The average Bonchev–Trinajstić information content (AvgIpc) is 3.57. The number of likely N-dealkylation sites (tertiary alicyclic amines) is 1. The number of morpholine rings is 1. The molecule has 2 amide bonds. The third-order valence-electron chi connectivity index (χ3n) is 6.09. The molecule has 0 unspecified atom stereocenters. The molecule has 1 aromatic carbocycles. The summed E-state index contributed by atoms with van der Waals surface area (Å²) in [7, 11) is 0. The number of benzene rings is 1. The Hall–Kier alpha value is -2.08. The largest absolute Gasteiger partial charge is 0.378 e. The first-order valence-corrected chi connectivity index (χ1v) is 10.7. The van der Waals surface area contributed by atoms with E-state index in [2.05, 4.69) is 16.3 Å². The van der Waals surface area contributed by atoms with Gasteiger partial charge in [0.1, 0.15) is 0 Å². The van der Waals surface area contributed by atoms with Crippen LogP contribution in [0.1, 0.15) is 48.9 Å². The number of rotatable bonds is 6. The molecule has 2 saturated heterocycles. The monoisotopic (exact) mass is 385 g/mol. The number of anilines is 1. The highest BCUT2D eigenvalue weighted by molar-refractivity contribution is 5.95. The van der Waals surface area contributed by atoms with Gasteiger partial charge in [0.15, 0.2) is 0 Å². The summed E-state index contributed by atoms with van der Waals surface area (Å²) in [5.74, 6) is 0.870. The standard InChI is InChI=1S/C22H31N3O3/c26-21(23-19-5-6-19)7-4-17-8-10-25(11-9-17)22(27)18-2-1-3-20(16-18)24-12-14-28-15-13-24/h1-3,16-17,19H,4-15H2,(H,23,26). The second-order valence-corrected chi connectivity index (χ2v) is 8.27. The van der Waals surface area contributed by atoms with Gasteiger partial charge in [-0.25, -0.2) is 0 Å². The van der Waals surface area contributed by atoms with E-state index in [0.29, 0.717) is 18.4 Å². The molecule has 0 aromatic heterocycles. The van der Waals surface area contributed by atoms with E-state index in [9.17, 15) is 9.59 Å². The van der Waals surface area contributed by atoms with E-state index < -0.39 is 0 Å². The van der Waals surface area contributed by atoms with Crippen molar-refractivity contribution in [3.8, 4) is 0 Å². The van der Waals surface area contributed by atoms with Gasteiger partial charge < -0.3 is 19.9 Å². The fourth-order valence-electron chi connectivity index (χ4n) is 4.13. The Morgan fingerprint density at radius 1 is 1.04 bits per heavy atom. The summed E-state index contributed by atoms with van der Waals surface area (Å²) in [5, 5.41) is 3.06. The Kier molecular flexibility index (Phi) is 6.15. The Balaban J connectivity index is 1.26. The Bertz CT molecular complexity index is 690. The normalized spacial score (nSPS) is 20.9. The predicted octanol–water partition coefficient (Wildman–Crippen LogP) is 2.43. The Labute approximate surface area is 167 Å². The minimum Gasteiger partial charge on any atom is -0.378 e. The molecular weight excluding hydrogens is 354 g/mol. The minimum atomic E-state index is 0.125. The molecule has 1 saturated carbocycles. The van der Waals surface area contributed by atoms with E-state index in [-0.39, 0.29) is 11.8 Å². The average molecular weight is 386 g/mol. The van der Waals surface area contributed by atoms with Gasteiger partial charge in [0.05, 0.1) is 13.2 Å². The van der Waals surface area contributed by atoms with Gasteiger partial charge in [0.2, 0.25) is 5.91 Å². The second-order valence-electron chi connectivity index (χ2n) is 8.27. The summed E-state index contributed by atoms with van der Waals surface area (Å²) >= 11 is 0. The second kappa shape index (κ2) is 8.95. The zero-order chi connectivity index (χ0) is 19.3. The summed E-state index contributed by atoms with van der Waals surface area (Å²) in [6.45, 7) is 4.80. The van der Waals surface area contributed by atoms with E-state index in [0.717, 1.165) is 82.7 Å². The number of hydrogen-bond donors (Lipinski definition) is 1. The molecule has 0 bridgehead atoms. The van der Waals surface area contributed by atoms with Crippen LogP contribution >= 0.6 is 0 Å². The van der Waals surface area contributed by atoms with Crippen LogP contribution in [0.5, 0.6) is 0 Å². The fourth-order valence-corrected chi connectivity index (χ4v) is 4.13. The van der Waals surface area contributed by atoms with E-state index in [4.69, 9.17) is 4.74 Å². The lowest BCUT2D eigenvalue weighted by Gasteiger charge is -2.33. The van der Waals surface area contributed by atoms with Gasteiger partial charge >= 0.3 is 0 Å². The third kappa shape index (κ3) is 5.04. The van der Waals surface area contributed by atoms with Gasteiger partial charge in [0, 0.05) is 49.9 Å². The van der Waals surface area contributed by atoms with Gasteiger partial charge in [0.25, 0.3) is 5.91 Å². The van der Waals surface area contributed by atoms with Crippen LogP contribution in [-0.4, -0.2) is 62.1 Å². The van der Waals surface area contributed by atoms with Gasteiger partial charge in [-0.2, -0.15) is 0 Å². The SMILES string of the molecule is O=C(CCC1CCN(C(=O)c2cccc(N3CCOCC3)c2)CC1)NC1CC1. The Morgan fingerprint density at radius 2 is 1.79 bits per heavy atom. The molecule has 3 fully saturated rings. The maximum Gasteiger partial charge on any atom is 0.253 e. The summed E-state index contributed by atoms with van der Waals surface area (Å²) in [6.07, 6.45) is 5.82. The molecule has 0 atom stereocenters. The van der Waals surface area contributed by atoms with E-state index in [1.807, 2.05) is 23.1 Å². The smallest absolute Gasteiger partial charge is 0.253 e. The zero-order valence-corrected chi connectivity index (χ0v) is 16.6. The van der Waals surface area contributed by atoms with Crippen LogP contribution in [0.15, 0.2) is 24.3 Å². The lowest BCUT2D eigenvalue weighted by molar-refractivity contribution is -0.121. The van der Waals surface area contributed by atoms with Crippen molar-refractivity contribution in [1.82, 2.24) is 10.2 Å². The molecule has 1 aromatic rings. The highest BCUT2D eigenvalue weighted by atomic mass is 16.5. The van der Waals surface area contributed by atoms with E-state index >= 15 is 0 Å². The topological polar surface area (TPSA) is 61.9 Å². The Morgan fingerprint density at radius 3 is 2.50 bits per heavy atom. The number of ether oxygens (including phenoxy) is 1. The first kappa shape index (κ1) is 19.2. The number of hydrogen-bond acceptors (Lipinski definition) is 4. The number of nitrogens with zero attached hydrogens (tertiary/aromatic N) is 2. The van der Waals surface area contributed by atoms with Crippen molar-refractivity contribution in [1.29, 1.82) is 0 Å². The van der Waals surface area contributed by atoms with E-state index in [1.54, 1.807) is 0 Å². The molecule has 28 heavy (non-hydrogen) atoms. The van der Waals surface area contributed by atoms with Gasteiger partial charge in [-0.1, -0.05) is 6.07 Å². The van der Waals surface area contributed by atoms with Crippen LogP contribution in [0.2, 0.25) is 0 Å². The number of carbonyl (C=O) groups is 2. The van der Waals surface area contributed by atoms with Crippen LogP contribution in [0.3, 0.4) is 0 Å². The first-order chi connectivity index (χ1) is 13.7. The maximum atomic E-state index is 13.0. The third-order valence-corrected chi connectivity index (χ3v) is 6.09. The van der Waals surface area contributed by atoms with Crippen molar-refractivity contribution in [2.24, 2.45) is 5.92 Å². The highest BCUT2D eigenvalue weighted by Gasteiger charge is 2.26. The van der Waals surface area contributed by atoms with Crippen molar-refractivity contribution >= 4 is 17.5 Å². The molecule has 0 spiro atoms. The molecular formula is C22H31N3O3. The molecule has 1 N–H and O–H groups in total. The van der Waals surface area contributed by atoms with Crippen LogP contribution in [0.4, 0.5) is 5.69 Å². The van der Waals surface area contributed by atoms with Crippen molar-refractivity contribution in [3.05, 3.63) is 29.8 Å². The quantitative estimate of drug-likeness (QED) is 0.817. The molecule has 3 aliphatic rings. The van der Waals surface area contributed by atoms with Gasteiger partial charge in [-0.15, -0.1) is 0 Å². The highest BCUT2D eigenvalue weighted by Crippen LogP contribution is 2.25. The molecule has 6 heteroatoms. The number of amides is 2. The molecule has 4 rings (SSSR count). The summed E-state index contributed by atoms with van der Waals surface area (Å²) in [5.41, 5.74) is 1.87. The van der Waals surface area contributed by atoms with Crippen molar-refractivity contribution in [3.63, 3.8) is 0 Å². The zero-order valence-electron chi connectivity index (χ0n) is 16.6. The molecule has 1 aliphatic carbocycles. The molecule has 2 heterocycles. The maximum absolute atomic E-state index is 13.0. The fraction of sp³-hybridized carbons (Fsp3) is 0.636. The summed E-state index contributed by atoms with van der Waals surface area (Å²) < 4.78 is 5.42. The molecule has 152 valence electrons. The van der Waals surface area contributed by atoms with Crippen molar-refractivity contribution < 1.29 is 14.3 Å². The minimum absolute atomic E-state index is 0.125. The predicted molar refractivity (Wildman–Crippen MR) is 109 cm³/mol. The van der Waals surface area contributed by atoms with E-state index in [1.165, 1.54) is 0 Å². The molecule has 6 nitrogen and oxygen atoms in total. The lowest BCUT2D eigenvalue weighted by Crippen LogP contribution is -2.39. The van der Waals surface area contributed by atoms with Gasteiger partial charge in [-0.05, 0) is 56.2 Å². The first-order valence-electron chi connectivity index (χ1n) is 10.7. The number of carbonyl (C=O) groups excluding carboxylic acids is 2. The van der Waals surface area contributed by atoms with Crippen molar-refractivity contribution in [2.45, 2.75) is 44.6 Å². The van der Waals surface area contributed by atoms with Crippen LogP contribution in [-0.2, 0) is 9.53 Å². The van der Waals surface area contributed by atoms with Gasteiger partial charge in [-0.3, -0.25) is 9.59 Å². The lowest BCUT2D eigenvalue weighted by atomic mass is 9.91. The summed E-state index contributed by atoms with van der Waals surface area (Å²) in [4.78, 5) is 29.1. The molecule has 2 aliphatic heterocycles. The van der Waals surface area contributed by atoms with Crippen molar-refractivity contribution in [2.75, 3.05) is 44.3 Å². The van der Waals surface area contributed by atoms with Crippen LogP contribution in [0, 0.1) is 5.92 Å². The number of piperidine rings is 1. The number of nitrogens with one attached hydrogen (secondary N) is 1. The van der Waals surface area contributed by atoms with Crippen LogP contribution in [0.25, 0.3) is 0 Å².